The van der Waals surface area contributed by atoms with Crippen molar-refractivity contribution in [3.05, 3.63) is 40.1 Å². The highest BCUT2D eigenvalue weighted by Gasteiger charge is 1.97. The minimum absolute atomic E-state index is 0.243. The van der Waals surface area contributed by atoms with Gasteiger partial charge in [0.25, 0.3) is 0 Å². The molecular weight excluding hydrogens is 154 g/mol. The molecule has 0 fully saturated rings. The molecule has 0 saturated carbocycles. The molecule has 1 heterocycles. The number of nitrogens with one attached hydrogen (secondary N) is 2. The van der Waals surface area contributed by atoms with Crippen LogP contribution in [0.1, 0.15) is 0 Å². The summed E-state index contributed by atoms with van der Waals surface area (Å²) < 4.78 is 0. The Kier molecular flexibility index (Phi) is 1.25. The number of benzene rings is 1. The second-order valence-corrected chi connectivity index (χ2v) is 2.42. The Balaban J connectivity index is 2.85. The van der Waals surface area contributed by atoms with Gasteiger partial charge in [0.1, 0.15) is 0 Å². The van der Waals surface area contributed by atoms with Crippen LogP contribution < -0.4 is 5.69 Å². The first-order valence-corrected chi connectivity index (χ1v) is 3.39. The van der Waals surface area contributed by atoms with E-state index in [1.807, 2.05) is 0 Å². The second-order valence-electron chi connectivity index (χ2n) is 2.42. The van der Waals surface area contributed by atoms with Crippen LogP contribution in [0, 0.1) is 6.57 Å². The summed E-state index contributed by atoms with van der Waals surface area (Å²) in [5.41, 5.74) is 1.69. The average Bonchev–Trinajstić information content (AvgIpc) is 2.43. The maximum absolute atomic E-state index is 10.8. The summed E-state index contributed by atoms with van der Waals surface area (Å²) >= 11 is 0. The van der Waals surface area contributed by atoms with Crippen molar-refractivity contribution >= 4 is 16.7 Å². The zero-order valence-electron chi connectivity index (χ0n) is 6.09. The fourth-order valence-corrected chi connectivity index (χ4v) is 1.09. The summed E-state index contributed by atoms with van der Waals surface area (Å²) in [6.07, 6.45) is 0. The topological polar surface area (TPSA) is 53.0 Å². The molecule has 0 atom stereocenters. The molecule has 0 aliphatic carbocycles. The number of H-pyrrole nitrogens is 2. The Labute approximate surface area is 67.7 Å². The van der Waals surface area contributed by atoms with Gasteiger partial charge in [0.2, 0.25) is 0 Å². The third kappa shape index (κ3) is 0.883. The number of hydrogen-bond donors (Lipinski definition) is 2. The van der Waals surface area contributed by atoms with Gasteiger partial charge in [-0.3, -0.25) is 0 Å². The molecule has 0 saturated heterocycles. The quantitative estimate of drug-likeness (QED) is 0.561. The van der Waals surface area contributed by atoms with Crippen molar-refractivity contribution in [3.63, 3.8) is 0 Å². The van der Waals surface area contributed by atoms with E-state index in [4.69, 9.17) is 6.57 Å². The summed E-state index contributed by atoms with van der Waals surface area (Å²) in [5.74, 6) is 0. The minimum Gasteiger partial charge on any atom is -0.307 e. The number of hydrogen-bond acceptors (Lipinski definition) is 1. The van der Waals surface area contributed by atoms with Crippen molar-refractivity contribution in [2.45, 2.75) is 0 Å². The van der Waals surface area contributed by atoms with E-state index in [1.165, 1.54) is 0 Å². The van der Waals surface area contributed by atoms with Crippen LogP contribution >= 0.6 is 0 Å². The van der Waals surface area contributed by atoms with Crippen LogP contribution in [0.5, 0.6) is 0 Å². The zero-order chi connectivity index (χ0) is 8.55. The molecule has 0 bridgehead atoms. The lowest BCUT2D eigenvalue weighted by molar-refractivity contribution is 1.22. The number of aromatic amines is 2. The van der Waals surface area contributed by atoms with Gasteiger partial charge in [0, 0.05) is 0 Å². The summed E-state index contributed by atoms with van der Waals surface area (Å²) in [6, 6.07) is 5.01. The standard InChI is InChI=1S/C8H5N3O/c1-9-5-2-3-6-7(4-5)11-8(12)10-6/h2-4H,(H2,10,11,12). The van der Waals surface area contributed by atoms with Crippen molar-refractivity contribution in [1.82, 2.24) is 9.97 Å². The average molecular weight is 159 g/mol. The fourth-order valence-electron chi connectivity index (χ4n) is 1.09. The highest BCUT2D eigenvalue weighted by molar-refractivity contribution is 5.78. The third-order valence-corrected chi connectivity index (χ3v) is 1.63. The van der Waals surface area contributed by atoms with Crippen LogP contribution in [0.4, 0.5) is 5.69 Å². The van der Waals surface area contributed by atoms with E-state index in [0.717, 1.165) is 5.52 Å². The van der Waals surface area contributed by atoms with Gasteiger partial charge in [-0.05, 0) is 12.1 Å². The van der Waals surface area contributed by atoms with Gasteiger partial charge in [-0.25, -0.2) is 9.64 Å². The predicted octanol–water partition coefficient (Wildman–Crippen LogP) is 1.41. The van der Waals surface area contributed by atoms with E-state index in [9.17, 15) is 4.79 Å². The van der Waals surface area contributed by atoms with Crippen molar-refractivity contribution in [2.75, 3.05) is 0 Å². The van der Waals surface area contributed by atoms with Gasteiger partial charge in [-0.1, -0.05) is 6.07 Å². The summed E-state index contributed by atoms with van der Waals surface area (Å²) in [7, 11) is 0. The smallest absolute Gasteiger partial charge is 0.307 e. The first kappa shape index (κ1) is 6.68. The Bertz CT molecular complexity index is 515. The monoisotopic (exact) mass is 159 g/mol. The van der Waals surface area contributed by atoms with Gasteiger partial charge < -0.3 is 9.97 Å². The molecule has 2 rings (SSSR count). The first-order valence-electron chi connectivity index (χ1n) is 3.39. The molecule has 0 amide bonds. The highest BCUT2D eigenvalue weighted by atomic mass is 16.1. The molecule has 0 spiro atoms. The van der Waals surface area contributed by atoms with Gasteiger partial charge in [0.05, 0.1) is 17.6 Å². The molecule has 0 radical (unpaired) electrons. The van der Waals surface area contributed by atoms with Crippen LogP contribution in [0.3, 0.4) is 0 Å². The lowest BCUT2D eigenvalue weighted by Gasteiger charge is -1.87. The van der Waals surface area contributed by atoms with Crippen LogP contribution in [0.2, 0.25) is 0 Å². The highest BCUT2D eigenvalue weighted by Crippen LogP contribution is 2.16. The second kappa shape index (κ2) is 2.24. The lowest BCUT2D eigenvalue weighted by Crippen LogP contribution is -1.99. The molecule has 58 valence electrons. The van der Waals surface area contributed by atoms with Crippen molar-refractivity contribution in [2.24, 2.45) is 0 Å². The minimum atomic E-state index is -0.243. The van der Waals surface area contributed by atoms with Crippen LogP contribution in [-0.4, -0.2) is 9.97 Å². The lowest BCUT2D eigenvalue weighted by atomic mass is 10.3. The molecular formula is C8H5N3O. The summed E-state index contributed by atoms with van der Waals surface area (Å²) in [6.45, 7) is 6.75. The van der Waals surface area contributed by atoms with E-state index < -0.39 is 0 Å². The van der Waals surface area contributed by atoms with E-state index in [-0.39, 0.29) is 5.69 Å². The van der Waals surface area contributed by atoms with Crippen molar-refractivity contribution in [1.29, 1.82) is 0 Å². The fraction of sp³-hybridized carbons (Fsp3) is 0. The normalized spacial score (nSPS) is 9.92. The molecule has 0 unspecified atom stereocenters. The van der Waals surface area contributed by atoms with Crippen molar-refractivity contribution < 1.29 is 0 Å². The summed E-state index contributed by atoms with van der Waals surface area (Å²) in [4.78, 5) is 19.2. The maximum atomic E-state index is 10.8. The molecule has 1 aromatic carbocycles. The van der Waals surface area contributed by atoms with Gasteiger partial charge in [-0.2, -0.15) is 0 Å². The molecule has 0 aliphatic rings. The molecule has 4 nitrogen and oxygen atoms in total. The SMILES string of the molecule is [C-]#[N+]c1ccc2[nH]c(=O)[nH]c2c1. The van der Waals surface area contributed by atoms with Gasteiger partial charge in [0.15, 0.2) is 5.69 Å². The first-order chi connectivity index (χ1) is 5.79. The predicted molar refractivity (Wildman–Crippen MR) is 45.2 cm³/mol. The van der Waals surface area contributed by atoms with Crippen LogP contribution in [0.15, 0.2) is 23.0 Å². The Morgan fingerprint density at radius 3 is 2.75 bits per heavy atom. The molecule has 1 aromatic heterocycles. The van der Waals surface area contributed by atoms with E-state index >= 15 is 0 Å². The maximum Gasteiger partial charge on any atom is 0.323 e. The molecule has 2 N–H and O–H groups in total. The van der Waals surface area contributed by atoms with Gasteiger partial charge in [-0.15, -0.1) is 0 Å². The number of imidazole rings is 1. The Hall–Kier alpha value is -2.02. The van der Waals surface area contributed by atoms with E-state index in [2.05, 4.69) is 14.8 Å². The number of fused-ring (bicyclic) bond motifs is 1. The van der Waals surface area contributed by atoms with Crippen LogP contribution in [0.25, 0.3) is 15.9 Å². The number of nitrogens with zero attached hydrogens (tertiary/aromatic N) is 1. The summed E-state index contributed by atoms with van der Waals surface area (Å²) in [5, 5.41) is 0. The van der Waals surface area contributed by atoms with E-state index in [0.29, 0.717) is 11.2 Å². The molecule has 2 aromatic rings. The molecule has 4 heteroatoms. The Morgan fingerprint density at radius 2 is 2.00 bits per heavy atom. The molecule has 12 heavy (non-hydrogen) atoms. The molecule has 0 aliphatic heterocycles. The number of rotatable bonds is 0. The third-order valence-electron chi connectivity index (χ3n) is 1.63. The van der Waals surface area contributed by atoms with E-state index in [1.54, 1.807) is 18.2 Å². The largest absolute Gasteiger partial charge is 0.323 e. The Morgan fingerprint density at radius 1 is 1.25 bits per heavy atom. The number of aromatic nitrogens is 2. The zero-order valence-corrected chi connectivity index (χ0v) is 6.09. The van der Waals surface area contributed by atoms with Gasteiger partial charge >= 0.3 is 5.69 Å². The van der Waals surface area contributed by atoms with Crippen molar-refractivity contribution in [3.8, 4) is 0 Å². The van der Waals surface area contributed by atoms with Crippen LogP contribution in [-0.2, 0) is 0 Å².